The van der Waals surface area contributed by atoms with Gasteiger partial charge in [-0.15, -0.1) is 0 Å². The summed E-state index contributed by atoms with van der Waals surface area (Å²) in [6.07, 6.45) is 3.99. The van der Waals surface area contributed by atoms with Gasteiger partial charge in [0.05, 0.1) is 7.11 Å². The van der Waals surface area contributed by atoms with Crippen molar-refractivity contribution in [1.29, 1.82) is 0 Å². The molecule has 5 heteroatoms. The Kier molecular flexibility index (Phi) is 4.37. The van der Waals surface area contributed by atoms with E-state index >= 15 is 0 Å². The van der Waals surface area contributed by atoms with Crippen molar-refractivity contribution in [2.45, 2.75) is 31.7 Å². The maximum Gasteiger partial charge on any atom is 0.341 e. The number of esters is 1. The average molecular weight is 267 g/mol. The Morgan fingerprint density at radius 2 is 2.32 bits per heavy atom. The van der Waals surface area contributed by atoms with Crippen molar-refractivity contribution < 1.29 is 19.0 Å². The van der Waals surface area contributed by atoms with Crippen molar-refractivity contribution >= 4 is 5.97 Å². The molecule has 1 aliphatic heterocycles. The maximum atomic E-state index is 13.6. The molecule has 0 saturated carbocycles. The third kappa shape index (κ3) is 3.23. The molecule has 0 radical (unpaired) electrons. The second-order valence-electron chi connectivity index (χ2n) is 4.82. The van der Waals surface area contributed by atoms with Crippen LogP contribution in [-0.4, -0.2) is 30.8 Å². The van der Waals surface area contributed by atoms with E-state index < -0.39 is 17.5 Å². The molecular formula is C14H18FNO3. The smallest absolute Gasteiger partial charge is 0.341 e. The van der Waals surface area contributed by atoms with Crippen LogP contribution in [0.2, 0.25) is 0 Å². The highest BCUT2D eigenvalue weighted by atomic mass is 19.1. The fourth-order valence-electron chi connectivity index (χ4n) is 2.42. The number of piperidine rings is 1. The molecule has 0 bridgehead atoms. The molecule has 1 aliphatic rings. The van der Waals surface area contributed by atoms with Crippen LogP contribution in [0.25, 0.3) is 0 Å². The van der Waals surface area contributed by atoms with E-state index in [4.69, 9.17) is 0 Å². The Labute approximate surface area is 111 Å². The van der Waals surface area contributed by atoms with Gasteiger partial charge < -0.3 is 15.2 Å². The highest BCUT2D eigenvalue weighted by Gasteiger charge is 2.19. The Morgan fingerprint density at radius 3 is 2.95 bits per heavy atom. The third-order valence-electron chi connectivity index (χ3n) is 3.42. The normalized spacial score (nSPS) is 19.2. The maximum absolute atomic E-state index is 13.6. The Hall–Kier alpha value is -1.62. The first-order valence-corrected chi connectivity index (χ1v) is 6.45. The number of rotatable bonds is 3. The Bertz CT molecular complexity index is 470. The number of nitrogens with one attached hydrogen (secondary N) is 1. The summed E-state index contributed by atoms with van der Waals surface area (Å²) in [6.45, 7) is 0.967. The number of hydrogen-bond donors (Lipinski definition) is 2. The van der Waals surface area contributed by atoms with Gasteiger partial charge in [-0.3, -0.25) is 0 Å². The molecule has 1 fully saturated rings. The minimum Gasteiger partial charge on any atom is -0.504 e. The third-order valence-corrected chi connectivity index (χ3v) is 3.42. The standard InChI is InChI=1S/C14H18FNO3/c1-19-14(18)11-7-9(8-12(15)13(11)17)6-10-4-2-3-5-16-10/h7-8,10,16-17H,2-6H2,1H3. The number of aromatic hydroxyl groups is 1. The molecule has 1 saturated heterocycles. The van der Waals surface area contributed by atoms with Crippen LogP contribution in [0, 0.1) is 5.82 Å². The number of halogens is 1. The molecule has 1 atom stereocenters. The van der Waals surface area contributed by atoms with E-state index in [1.165, 1.54) is 19.2 Å². The topological polar surface area (TPSA) is 58.6 Å². The molecule has 19 heavy (non-hydrogen) atoms. The highest BCUT2D eigenvalue weighted by Crippen LogP contribution is 2.25. The lowest BCUT2D eigenvalue weighted by Gasteiger charge is -2.23. The van der Waals surface area contributed by atoms with Crippen LogP contribution in [-0.2, 0) is 11.2 Å². The van der Waals surface area contributed by atoms with Gasteiger partial charge in [-0.1, -0.05) is 6.42 Å². The first kappa shape index (κ1) is 13.8. The summed E-state index contributed by atoms with van der Waals surface area (Å²) >= 11 is 0. The predicted molar refractivity (Wildman–Crippen MR) is 68.8 cm³/mol. The molecule has 0 aliphatic carbocycles. The summed E-state index contributed by atoms with van der Waals surface area (Å²) in [7, 11) is 1.20. The van der Waals surface area contributed by atoms with Crippen molar-refractivity contribution in [2.75, 3.05) is 13.7 Å². The molecule has 104 valence electrons. The van der Waals surface area contributed by atoms with E-state index in [0.29, 0.717) is 18.0 Å². The van der Waals surface area contributed by atoms with E-state index in [-0.39, 0.29) is 5.56 Å². The molecule has 2 rings (SSSR count). The predicted octanol–water partition coefficient (Wildman–Crippen LogP) is 2.00. The average Bonchev–Trinajstić information content (AvgIpc) is 2.43. The SMILES string of the molecule is COC(=O)c1cc(CC2CCCCN2)cc(F)c1O. The molecule has 0 aromatic heterocycles. The van der Waals surface area contributed by atoms with Crippen LogP contribution in [0.5, 0.6) is 5.75 Å². The first-order chi connectivity index (χ1) is 9.11. The Morgan fingerprint density at radius 1 is 1.53 bits per heavy atom. The van der Waals surface area contributed by atoms with Gasteiger partial charge in [-0.25, -0.2) is 9.18 Å². The second kappa shape index (κ2) is 6.02. The number of methoxy groups -OCH3 is 1. The van der Waals surface area contributed by atoms with Crippen LogP contribution in [0.4, 0.5) is 4.39 Å². The number of carbonyl (C=O) groups excluding carboxylic acids is 1. The quantitative estimate of drug-likeness (QED) is 0.822. The van der Waals surface area contributed by atoms with Crippen molar-refractivity contribution in [2.24, 2.45) is 0 Å². The lowest BCUT2D eigenvalue weighted by molar-refractivity contribution is 0.0596. The molecule has 0 amide bonds. The number of carbonyl (C=O) groups is 1. The summed E-state index contributed by atoms with van der Waals surface area (Å²) in [5.41, 5.74) is 0.573. The number of phenolic OH excluding ortho intramolecular Hbond substituents is 1. The summed E-state index contributed by atoms with van der Waals surface area (Å²) < 4.78 is 18.1. The van der Waals surface area contributed by atoms with Gasteiger partial charge >= 0.3 is 5.97 Å². The molecule has 2 N–H and O–H groups in total. The minimum absolute atomic E-state index is 0.117. The number of ether oxygens (including phenoxy) is 1. The van der Waals surface area contributed by atoms with Gasteiger partial charge in [0.1, 0.15) is 5.56 Å². The van der Waals surface area contributed by atoms with Crippen LogP contribution in [0.1, 0.15) is 35.2 Å². The summed E-state index contributed by atoms with van der Waals surface area (Å²) in [6, 6.07) is 3.07. The summed E-state index contributed by atoms with van der Waals surface area (Å²) in [5, 5.41) is 12.9. The molecule has 1 aromatic carbocycles. The van der Waals surface area contributed by atoms with Crippen LogP contribution < -0.4 is 5.32 Å². The van der Waals surface area contributed by atoms with Gasteiger partial charge in [0.2, 0.25) is 0 Å². The van der Waals surface area contributed by atoms with Gasteiger partial charge in [-0.2, -0.15) is 0 Å². The van der Waals surface area contributed by atoms with Gasteiger partial charge in [-0.05, 0) is 43.5 Å². The fraction of sp³-hybridized carbons (Fsp3) is 0.500. The van der Waals surface area contributed by atoms with E-state index in [2.05, 4.69) is 10.1 Å². The highest BCUT2D eigenvalue weighted by molar-refractivity contribution is 5.92. The molecular weight excluding hydrogens is 249 g/mol. The monoisotopic (exact) mass is 267 g/mol. The minimum atomic E-state index is -0.784. The number of phenols is 1. The van der Waals surface area contributed by atoms with Gasteiger partial charge in [0, 0.05) is 6.04 Å². The zero-order valence-corrected chi connectivity index (χ0v) is 10.9. The zero-order valence-electron chi connectivity index (χ0n) is 10.9. The first-order valence-electron chi connectivity index (χ1n) is 6.45. The van der Waals surface area contributed by atoms with Crippen molar-refractivity contribution in [3.05, 3.63) is 29.1 Å². The lowest BCUT2D eigenvalue weighted by Crippen LogP contribution is -2.35. The van der Waals surface area contributed by atoms with Crippen molar-refractivity contribution in [3.8, 4) is 5.75 Å². The van der Waals surface area contributed by atoms with E-state index in [0.717, 1.165) is 25.8 Å². The zero-order chi connectivity index (χ0) is 13.8. The molecule has 4 nitrogen and oxygen atoms in total. The second-order valence-corrected chi connectivity index (χ2v) is 4.82. The van der Waals surface area contributed by atoms with Crippen LogP contribution in [0.3, 0.4) is 0 Å². The molecule has 1 aromatic rings. The molecule has 1 heterocycles. The van der Waals surface area contributed by atoms with Gasteiger partial charge in [0.25, 0.3) is 0 Å². The summed E-state index contributed by atoms with van der Waals surface area (Å²) in [4.78, 5) is 11.5. The van der Waals surface area contributed by atoms with E-state index in [1.54, 1.807) is 0 Å². The van der Waals surface area contributed by atoms with Crippen LogP contribution in [0.15, 0.2) is 12.1 Å². The van der Waals surface area contributed by atoms with Crippen molar-refractivity contribution in [1.82, 2.24) is 5.32 Å². The van der Waals surface area contributed by atoms with Crippen LogP contribution >= 0.6 is 0 Å². The fourth-order valence-corrected chi connectivity index (χ4v) is 2.42. The van der Waals surface area contributed by atoms with E-state index in [1.807, 2.05) is 0 Å². The molecule has 0 spiro atoms. The lowest BCUT2D eigenvalue weighted by atomic mass is 9.96. The van der Waals surface area contributed by atoms with E-state index in [9.17, 15) is 14.3 Å². The van der Waals surface area contributed by atoms with Crippen molar-refractivity contribution in [3.63, 3.8) is 0 Å². The van der Waals surface area contributed by atoms with Gasteiger partial charge in [0.15, 0.2) is 11.6 Å². The molecule has 1 unspecified atom stereocenters. The summed E-state index contributed by atoms with van der Waals surface area (Å²) in [5.74, 6) is -2.16. The number of benzene rings is 1. The largest absolute Gasteiger partial charge is 0.504 e. The number of hydrogen-bond acceptors (Lipinski definition) is 4. The Balaban J connectivity index is 2.20.